The number of aromatic nitrogens is 2. The highest BCUT2D eigenvalue weighted by molar-refractivity contribution is 6.05. The maximum absolute atomic E-state index is 13.3. The molecule has 2 aromatic carbocycles. The fourth-order valence-corrected chi connectivity index (χ4v) is 3.93. The molecule has 5 nitrogen and oxygen atoms in total. The summed E-state index contributed by atoms with van der Waals surface area (Å²) in [5.74, 6) is -0.426. The average Bonchev–Trinajstić information content (AvgIpc) is 3.32. The fourth-order valence-electron chi connectivity index (χ4n) is 3.93. The van der Waals surface area contributed by atoms with Crippen LogP contribution in [0.15, 0.2) is 48.7 Å². The van der Waals surface area contributed by atoms with E-state index in [1.165, 1.54) is 23.4 Å². The molecule has 0 bridgehead atoms. The molecule has 150 valence electrons. The van der Waals surface area contributed by atoms with Gasteiger partial charge in [0.05, 0.1) is 23.1 Å². The second-order valence-corrected chi connectivity index (χ2v) is 7.61. The number of hydrogen-bond acceptors (Lipinski definition) is 3. The number of halogens is 1. The molecule has 1 N–H and O–H groups in total. The van der Waals surface area contributed by atoms with Crippen LogP contribution in [-0.4, -0.2) is 28.8 Å². The minimum Gasteiger partial charge on any atom is -0.371 e. The van der Waals surface area contributed by atoms with E-state index in [0.717, 1.165) is 36.6 Å². The molecule has 1 aromatic heterocycles. The SMILES string of the molecule is CCN1CCc2ccc(NC(=O)c3cnn(-c4ccc(F)cc4)c3C(C)C)cc21. The fraction of sp³-hybridized carbons (Fsp3) is 0.304. The first-order valence-corrected chi connectivity index (χ1v) is 10.0. The van der Waals surface area contributed by atoms with E-state index in [4.69, 9.17) is 0 Å². The number of carbonyl (C=O) groups excluding carboxylic acids is 1. The Morgan fingerprint density at radius 1 is 1.21 bits per heavy atom. The van der Waals surface area contributed by atoms with Gasteiger partial charge < -0.3 is 10.2 Å². The molecule has 0 fully saturated rings. The van der Waals surface area contributed by atoms with Crippen molar-refractivity contribution >= 4 is 17.3 Å². The minimum atomic E-state index is -0.303. The Morgan fingerprint density at radius 2 is 1.97 bits per heavy atom. The van der Waals surface area contributed by atoms with Crippen LogP contribution in [-0.2, 0) is 6.42 Å². The van der Waals surface area contributed by atoms with Crippen molar-refractivity contribution < 1.29 is 9.18 Å². The molecule has 29 heavy (non-hydrogen) atoms. The molecule has 0 aliphatic carbocycles. The molecule has 4 rings (SSSR count). The molecule has 0 saturated heterocycles. The third-order valence-corrected chi connectivity index (χ3v) is 5.39. The van der Waals surface area contributed by atoms with Gasteiger partial charge in [0.2, 0.25) is 0 Å². The molecule has 0 unspecified atom stereocenters. The van der Waals surface area contributed by atoms with Gasteiger partial charge in [0, 0.05) is 24.5 Å². The maximum Gasteiger partial charge on any atom is 0.259 e. The molecule has 2 heterocycles. The molecule has 0 saturated carbocycles. The molecule has 0 atom stereocenters. The van der Waals surface area contributed by atoms with E-state index in [-0.39, 0.29) is 17.6 Å². The van der Waals surface area contributed by atoms with Crippen LogP contribution < -0.4 is 10.2 Å². The number of nitrogens with one attached hydrogen (secondary N) is 1. The Bertz CT molecular complexity index is 1040. The number of benzene rings is 2. The van der Waals surface area contributed by atoms with Gasteiger partial charge in [0.15, 0.2) is 0 Å². The van der Waals surface area contributed by atoms with E-state index in [9.17, 15) is 9.18 Å². The average molecular weight is 392 g/mol. The van der Waals surface area contributed by atoms with Crippen molar-refractivity contribution in [3.8, 4) is 5.69 Å². The van der Waals surface area contributed by atoms with Crippen LogP contribution >= 0.6 is 0 Å². The standard InChI is InChI=1S/C23H25FN4O/c1-4-27-12-11-16-5-8-18(13-21(16)27)26-23(29)20-14-25-28(22(20)15(2)3)19-9-6-17(24)7-10-19/h5-10,13-15H,4,11-12H2,1-3H3,(H,26,29). The second-order valence-electron chi connectivity index (χ2n) is 7.61. The molecule has 3 aromatic rings. The number of hydrogen-bond donors (Lipinski definition) is 1. The highest BCUT2D eigenvalue weighted by atomic mass is 19.1. The monoisotopic (exact) mass is 392 g/mol. The van der Waals surface area contributed by atoms with E-state index in [2.05, 4.69) is 28.3 Å². The van der Waals surface area contributed by atoms with E-state index in [0.29, 0.717) is 5.56 Å². The number of anilines is 2. The number of carbonyl (C=O) groups is 1. The summed E-state index contributed by atoms with van der Waals surface area (Å²) < 4.78 is 15.0. The van der Waals surface area contributed by atoms with Crippen molar-refractivity contribution in [2.45, 2.75) is 33.1 Å². The molecule has 0 spiro atoms. The zero-order valence-corrected chi connectivity index (χ0v) is 16.9. The van der Waals surface area contributed by atoms with Gasteiger partial charge in [-0.25, -0.2) is 9.07 Å². The quantitative estimate of drug-likeness (QED) is 0.680. The zero-order valence-electron chi connectivity index (χ0n) is 16.9. The van der Waals surface area contributed by atoms with Crippen LogP contribution in [0.25, 0.3) is 5.69 Å². The zero-order chi connectivity index (χ0) is 20.5. The first-order valence-electron chi connectivity index (χ1n) is 10.0. The van der Waals surface area contributed by atoms with Crippen molar-refractivity contribution in [2.24, 2.45) is 0 Å². The highest BCUT2D eigenvalue weighted by Gasteiger charge is 2.22. The van der Waals surface area contributed by atoms with Gasteiger partial charge in [-0.2, -0.15) is 5.10 Å². The molecule has 1 aliphatic rings. The maximum atomic E-state index is 13.3. The van der Waals surface area contributed by atoms with Crippen molar-refractivity contribution in [3.05, 3.63) is 71.3 Å². The van der Waals surface area contributed by atoms with Crippen LogP contribution in [0.4, 0.5) is 15.8 Å². The summed E-state index contributed by atoms with van der Waals surface area (Å²) in [5, 5.41) is 7.43. The van der Waals surface area contributed by atoms with Crippen LogP contribution in [0.2, 0.25) is 0 Å². The molecule has 1 aliphatic heterocycles. The molecule has 6 heteroatoms. The van der Waals surface area contributed by atoms with Crippen molar-refractivity contribution in [1.29, 1.82) is 0 Å². The van der Waals surface area contributed by atoms with E-state index < -0.39 is 0 Å². The summed E-state index contributed by atoms with van der Waals surface area (Å²) in [6, 6.07) is 12.2. The lowest BCUT2D eigenvalue weighted by Crippen LogP contribution is -2.19. The summed E-state index contributed by atoms with van der Waals surface area (Å²) in [6.07, 6.45) is 2.62. The van der Waals surface area contributed by atoms with Crippen LogP contribution in [0.1, 0.15) is 48.3 Å². The third kappa shape index (κ3) is 3.62. The van der Waals surface area contributed by atoms with Crippen molar-refractivity contribution in [3.63, 3.8) is 0 Å². The van der Waals surface area contributed by atoms with Crippen LogP contribution in [0.3, 0.4) is 0 Å². The summed E-state index contributed by atoms with van der Waals surface area (Å²) in [7, 11) is 0. The second kappa shape index (κ2) is 7.70. The Balaban J connectivity index is 1.63. The summed E-state index contributed by atoms with van der Waals surface area (Å²) in [5.41, 5.74) is 5.33. The predicted octanol–water partition coefficient (Wildman–Crippen LogP) is 4.77. The molecular weight excluding hydrogens is 367 g/mol. The number of likely N-dealkylation sites (N-methyl/N-ethyl adjacent to an activating group) is 1. The number of nitrogens with zero attached hydrogens (tertiary/aromatic N) is 3. The topological polar surface area (TPSA) is 50.2 Å². The third-order valence-electron chi connectivity index (χ3n) is 5.39. The van der Waals surface area contributed by atoms with Gasteiger partial charge in [0.25, 0.3) is 5.91 Å². The van der Waals surface area contributed by atoms with Crippen molar-refractivity contribution in [2.75, 3.05) is 23.3 Å². The van der Waals surface area contributed by atoms with Gasteiger partial charge in [-0.1, -0.05) is 19.9 Å². The number of rotatable bonds is 5. The smallest absolute Gasteiger partial charge is 0.259 e. The Hall–Kier alpha value is -3.15. The lowest BCUT2D eigenvalue weighted by Gasteiger charge is -2.17. The Labute approximate surface area is 170 Å². The largest absolute Gasteiger partial charge is 0.371 e. The van der Waals surface area contributed by atoms with Gasteiger partial charge in [0.1, 0.15) is 5.82 Å². The first-order chi connectivity index (χ1) is 14.0. The summed E-state index contributed by atoms with van der Waals surface area (Å²) in [6.45, 7) is 8.14. The lowest BCUT2D eigenvalue weighted by atomic mass is 10.0. The molecular formula is C23H25FN4O. The molecule has 0 radical (unpaired) electrons. The number of amides is 1. The van der Waals surface area contributed by atoms with Crippen LogP contribution in [0, 0.1) is 5.82 Å². The van der Waals surface area contributed by atoms with Gasteiger partial charge in [-0.15, -0.1) is 0 Å². The van der Waals surface area contributed by atoms with Gasteiger partial charge in [-0.3, -0.25) is 4.79 Å². The normalized spacial score (nSPS) is 13.1. The summed E-state index contributed by atoms with van der Waals surface area (Å²) >= 11 is 0. The van der Waals surface area contributed by atoms with Gasteiger partial charge in [-0.05, 0) is 61.2 Å². The van der Waals surface area contributed by atoms with Crippen LogP contribution in [0.5, 0.6) is 0 Å². The lowest BCUT2D eigenvalue weighted by molar-refractivity contribution is 0.102. The van der Waals surface area contributed by atoms with E-state index >= 15 is 0 Å². The van der Waals surface area contributed by atoms with Crippen molar-refractivity contribution in [1.82, 2.24) is 9.78 Å². The highest BCUT2D eigenvalue weighted by Crippen LogP contribution is 2.31. The number of fused-ring (bicyclic) bond motifs is 1. The Morgan fingerprint density at radius 3 is 2.66 bits per heavy atom. The summed E-state index contributed by atoms with van der Waals surface area (Å²) in [4.78, 5) is 15.4. The van der Waals surface area contributed by atoms with E-state index in [1.54, 1.807) is 23.0 Å². The predicted molar refractivity (Wildman–Crippen MR) is 114 cm³/mol. The molecule has 1 amide bonds. The Kier molecular flexibility index (Phi) is 5.09. The minimum absolute atomic E-state index is 0.0684. The van der Waals surface area contributed by atoms with Gasteiger partial charge >= 0.3 is 0 Å². The van der Waals surface area contributed by atoms with E-state index in [1.807, 2.05) is 26.0 Å². The first kappa shape index (κ1) is 19.2.